The molecule has 0 unspecified atom stereocenters. The molecular weight excluding hydrogens is 262 g/mol. The van der Waals surface area contributed by atoms with E-state index in [0.29, 0.717) is 12.1 Å². The molecule has 0 aromatic heterocycles. The topological polar surface area (TPSA) is 49.7 Å². The zero-order valence-corrected chi connectivity index (χ0v) is 11.3. The van der Waals surface area contributed by atoms with Gasteiger partial charge in [-0.15, -0.1) is 0 Å². The molecule has 19 heavy (non-hydrogen) atoms. The molecule has 0 spiro atoms. The van der Waals surface area contributed by atoms with Gasteiger partial charge in [0.25, 0.3) is 0 Å². The van der Waals surface area contributed by atoms with E-state index in [1.54, 1.807) is 12.1 Å². The van der Waals surface area contributed by atoms with Crippen LogP contribution < -0.4 is 10.2 Å². The van der Waals surface area contributed by atoms with Crippen molar-refractivity contribution in [1.29, 1.82) is 0 Å². The smallest absolute Gasteiger partial charge is 0.488 e. The first-order valence-electron chi connectivity index (χ1n) is 5.88. The fourth-order valence-corrected chi connectivity index (χ4v) is 1.78. The highest BCUT2D eigenvalue weighted by atomic mass is 35.5. The average molecular weight is 277 g/mol. The first-order chi connectivity index (χ1) is 9.10. The lowest BCUT2D eigenvalue weighted by Gasteiger charge is -2.08. The van der Waals surface area contributed by atoms with Gasteiger partial charge in [-0.25, -0.2) is 0 Å². The Hall–Kier alpha value is -1.49. The maximum Gasteiger partial charge on any atom is 0.488 e. The minimum absolute atomic E-state index is 0.447. The van der Waals surface area contributed by atoms with E-state index in [2.05, 4.69) is 0 Å². The Kier molecular flexibility index (Phi) is 4.48. The molecule has 2 aromatic rings. The second-order valence-corrected chi connectivity index (χ2v) is 4.60. The number of benzene rings is 2. The van der Waals surface area contributed by atoms with Crippen molar-refractivity contribution in [2.24, 2.45) is 0 Å². The van der Waals surface area contributed by atoms with Gasteiger partial charge in [0.2, 0.25) is 0 Å². The van der Waals surface area contributed by atoms with Gasteiger partial charge < -0.3 is 14.8 Å². The predicted octanol–water partition coefficient (Wildman–Crippen LogP) is 2.04. The van der Waals surface area contributed by atoms with E-state index in [-0.39, 0.29) is 0 Å². The van der Waals surface area contributed by atoms with E-state index in [9.17, 15) is 0 Å². The molecule has 0 bridgehead atoms. The molecule has 2 aromatic carbocycles. The molecule has 0 aliphatic heterocycles. The van der Waals surface area contributed by atoms with Gasteiger partial charge in [0, 0.05) is 5.54 Å². The molecule has 0 saturated carbocycles. The van der Waals surface area contributed by atoms with E-state index in [0.717, 1.165) is 22.1 Å². The summed E-state index contributed by atoms with van der Waals surface area (Å²) in [6.45, 7) is 2.34. The van der Waals surface area contributed by atoms with Crippen LogP contribution in [-0.4, -0.2) is 23.8 Å². The summed E-state index contributed by atoms with van der Waals surface area (Å²) in [6, 6.07) is 10.9. The third-order valence-corrected chi connectivity index (χ3v) is 3.16. The summed E-state index contributed by atoms with van der Waals surface area (Å²) in [5.41, 5.74) is 2.92. The molecule has 0 heterocycles. The molecule has 0 aliphatic carbocycles. The molecule has 0 aliphatic rings. The van der Waals surface area contributed by atoms with Gasteiger partial charge >= 0.3 is 7.12 Å². The zero-order chi connectivity index (χ0) is 13.8. The van der Waals surface area contributed by atoms with Gasteiger partial charge in [-0.2, -0.15) is 0 Å². The monoisotopic (exact) mass is 276 g/mol. The summed E-state index contributed by atoms with van der Waals surface area (Å²) in [6.07, 6.45) is 0. The Balaban J connectivity index is 2.24. The third-order valence-electron chi connectivity index (χ3n) is 2.79. The van der Waals surface area contributed by atoms with Crippen LogP contribution in [0.4, 0.5) is 0 Å². The maximum atomic E-state index is 9.12. The van der Waals surface area contributed by atoms with Crippen LogP contribution in [0.5, 0.6) is 5.75 Å². The van der Waals surface area contributed by atoms with Crippen molar-refractivity contribution in [2.75, 3.05) is 6.61 Å². The first-order valence-corrected chi connectivity index (χ1v) is 6.32. The first kappa shape index (κ1) is 13.9. The van der Waals surface area contributed by atoms with E-state index in [4.69, 9.17) is 26.4 Å². The quantitative estimate of drug-likeness (QED) is 0.840. The number of halogens is 1. The highest BCUT2D eigenvalue weighted by molar-refractivity contribution is 6.58. The van der Waals surface area contributed by atoms with E-state index >= 15 is 0 Å². The van der Waals surface area contributed by atoms with E-state index in [1.807, 2.05) is 31.2 Å². The second-order valence-electron chi connectivity index (χ2n) is 4.39. The van der Waals surface area contributed by atoms with Gasteiger partial charge in [0.15, 0.2) is 0 Å². The largest absolute Gasteiger partial charge is 0.489 e. The molecule has 0 atom stereocenters. The van der Waals surface area contributed by atoms with Crippen LogP contribution in [0.25, 0.3) is 10.8 Å². The van der Waals surface area contributed by atoms with Gasteiger partial charge in [-0.3, -0.25) is 0 Å². The Labute approximate surface area is 117 Å². The number of ether oxygens (including phenoxy) is 1. The molecule has 98 valence electrons. The average Bonchev–Trinajstić information content (AvgIpc) is 2.43. The highest BCUT2D eigenvalue weighted by Gasteiger charge is 2.10. The fourth-order valence-electron chi connectivity index (χ4n) is 1.72. The van der Waals surface area contributed by atoms with E-state index in [1.165, 1.54) is 5.54 Å². The summed E-state index contributed by atoms with van der Waals surface area (Å²) in [4.78, 5) is 0. The van der Waals surface area contributed by atoms with Gasteiger partial charge in [-0.1, -0.05) is 35.9 Å². The Morgan fingerprint density at radius 3 is 2.58 bits per heavy atom. The Morgan fingerprint density at radius 2 is 1.89 bits per heavy atom. The lowest BCUT2D eigenvalue weighted by atomic mass is 9.79. The predicted molar refractivity (Wildman–Crippen MR) is 78.9 cm³/mol. The molecule has 3 nitrogen and oxygen atoms in total. The molecule has 0 radical (unpaired) electrons. The minimum atomic E-state index is -1.45. The lowest BCUT2D eigenvalue weighted by molar-refractivity contribution is 0.353. The van der Waals surface area contributed by atoms with Gasteiger partial charge in [0.05, 0.1) is 0 Å². The Bertz CT molecular complexity index is 611. The molecule has 0 fully saturated rings. The minimum Gasteiger partial charge on any atom is -0.489 e. The Morgan fingerprint density at radius 1 is 1.21 bits per heavy atom. The molecule has 2 N–H and O–H groups in total. The van der Waals surface area contributed by atoms with Crippen LogP contribution in [0.3, 0.4) is 0 Å². The van der Waals surface area contributed by atoms with Crippen molar-refractivity contribution < 1.29 is 14.8 Å². The summed E-state index contributed by atoms with van der Waals surface area (Å²) >= 11 is 5.57. The second kappa shape index (κ2) is 6.11. The molecule has 5 heteroatoms. The third kappa shape index (κ3) is 3.50. The fraction of sp³-hybridized carbons (Fsp3) is 0.143. The van der Waals surface area contributed by atoms with Crippen LogP contribution in [0.15, 0.2) is 47.5 Å². The van der Waals surface area contributed by atoms with E-state index < -0.39 is 7.12 Å². The summed E-state index contributed by atoms with van der Waals surface area (Å²) in [5.74, 6) is 0.752. The molecular formula is C14H14BClO3. The van der Waals surface area contributed by atoms with Crippen LogP contribution in [-0.2, 0) is 0 Å². The van der Waals surface area contributed by atoms with Crippen molar-refractivity contribution in [2.45, 2.75) is 6.92 Å². The van der Waals surface area contributed by atoms with Crippen LogP contribution in [0.1, 0.15) is 6.92 Å². The molecule has 2 rings (SSSR count). The summed E-state index contributed by atoms with van der Waals surface area (Å²) < 4.78 is 5.59. The normalized spacial score (nSPS) is 11.7. The van der Waals surface area contributed by atoms with Crippen molar-refractivity contribution in [1.82, 2.24) is 0 Å². The van der Waals surface area contributed by atoms with Crippen molar-refractivity contribution in [3.63, 3.8) is 0 Å². The molecule has 0 amide bonds. The number of fused-ring (bicyclic) bond motifs is 1. The summed E-state index contributed by atoms with van der Waals surface area (Å²) in [7, 11) is -1.45. The zero-order valence-electron chi connectivity index (χ0n) is 10.5. The number of rotatable bonds is 4. The highest BCUT2D eigenvalue weighted by Crippen LogP contribution is 2.20. The van der Waals surface area contributed by atoms with Crippen LogP contribution in [0, 0.1) is 0 Å². The SMILES string of the molecule is C/C(=C/Cl)COc1ccc2cc(B(O)O)ccc2c1. The van der Waals surface area contributed by atoms with Crippen molar-refractivity contribution >= 4 is 35.0 Å². The lowest BCUT2D eigenvalue weighted by Crippen LogP contribution is -2.29. The number of hydrogen-bond acceptors (Lipinski definition) is 3. The van der Waals surface area contributed by atoms with Crippen molar-refractivity contribution in [3.8, 4) is 5.75 Å². The van der Waals surface area contributed by atoms with Gasteiger partial charge in [-0.05, 0) is 40.9 Å². The van der Waals surface area contributed by atoms with Gasteiger partial charge in [0.1, 0.15) is 12.4 Å². The van der Waals surface area contributed by atoms with Crippen molar-refractivity contribution in [3.05, 3.63) is 47.5 Å². The standard InChI is InChI=1S/C14H14BClO3/c1-10(8-16)9-19-14-5-3-11-6-13(15(17)18)4-2-12(11)7-14/h2-8,17-18H,9H2,1H3/b10-8-. The summed E-state index contributed by atoms with van der Waals surface area (Å²) in [5, 5.41) is 20.2. The van der Waals surface area contributed by atoms with Crippen LogP contribution >= 0.6 is 11.6 Å². The molecule has 0 saturated heterocycles. The maximum absolute atomic E-state index is 9.12. The van der Waals surface area contributed by atoms with Crippen LogP contribution in [0.2, 0.25) is 0 Å². The number of hydrogen-bond donors (Lipinski definition) is 2.